The summed E-state index contributed by atoms with van der Waals surface area (Å²) >= 11 is 0. The zero-order valence-electron chi connectivity index (χ0n) is 19.5. The standard InChI is InChI=1S/C30H33PSi/c1-4-32(5-2,6-3)30-24-16-14-22-28(30)27-21-13-15-23-29(27)31(25-17-9-7-10-18-25)26-19-11-8-12-20-26/h7-24H,4-6H2,1-3H3. The van der Waals surface area contributed by atoms with Crippen molar-refractivity contribution in [3.8, 4) is 11.1 Å². The lowest BCUT2D eigenvalue weighted by molar-refractivity contribution is 1.19. The highest BCUT2D eigenvalue weighted by Crippen LogP contribution is 2.37. The first-order valence-corrected chi connectivity index (χ1v) is 15.8. The Labute approximate surface area is 196 Å². The van der Waals surface area contributed by atoms with Crippen LogP contribution in [0, 0.1) is 0 Å². The zero-order valence-corrected chi connectivity index (χ0v) is 21.4. The second kappa shape index (κ2) is 10.4. The Kier molecular flexibility index (Phi) is 7.40. The van der Waals surface area contributed by atoms with E-state index in [4.69, 9.17) is 0 Å². The van der Waals surface area contributed by atoms with Crippen LogP contribution in [-0.4, -0.2) is 8.07 Å². The molecule has 4 aromatic carbocycles. The van der Waals surface area contributed by atoms with Crippen LogP contribution in [0.3, 0.4) is 0 Å². The molecule has 0 N–H and O–H groups in total. The first-order chi connectivity index (χ1) is 15.7. The van der Waals surface area contributed by atoms with Gasteiger partial charge < -0.3 is 0 Å². The molecule has 0 atom stereocenters. The van der Waals surface area contributed by atoms with Gasteiger partial charge in [0.1, 0.15) is 0 Å². The summed E-state index contributed by atoms with van der Waals surface area (Å²) in [6.45, 7) is 7.22. The Balaban J connectivity index is 1.97. The van der Waals surface area contributed by atoms with Crippen molar-refractivity contribution in [2.75, 3.05) is 0 Å². The summed E-state index contributed by atoms with van der Waals surface area (Å²) < 4.78 is 0. The third-order valence-corrected chi connectivity index (χ3v) is 15.1. The molecule has 4 aromatic rings. The fraction of sp³-hybridized carbons (Fsp3) is 0.200. The van der Waals surface area contributed by atoms with Gasteiger partial charge in [0.2, 0.25) is 0 Å². The highest BCUT2D eigenvalue weighted by molar-refractivity contribution is 7.80. The van der Waals surface area contributed by atoms with Crippen molar-refractivity contribution in [2.45, 2.75) is 38.9 Å². The molecule has 0 aliphatic heterocycles. The molecule has 0 aliphatic rings. The van der Waals surface area contributed by atoms with E-state index in [1.54, 1.807) is 5.19 Å². The summed E-state index contributed by atoms with van der Waals surface area (Å²) in [6, 6.07) is 44.4. The average molecular weight is 453 g/mol. The molecular formula is C30H33PSi. The van der Waals surface area contributed by atoms with Crippen molar-refractivity contribution >= 4 is 37.1 Å². The van der Waals surface area contributed by atoms with Gasteiger partial charge in [-0.3, -0.25) is 0 Å². The van der Waals surface area contributed by atoms with Crippen LogP contribution < -0.4 is 21.1 Å². The molecule has 0 aromatic heterocycles. The SMILES string of the molecule is CC[Si](CC)(CC)c1ccccc1-c1ccccc1P(c1ccccc1)c1ccccc1. The van der Waals surface area contributed by atoms with Gasteiger partial charge in [-0.05, 0) is 35.0 Å². The van der Waals surface area contributed by atoms with Gasteiger partial charge in [-0.1, -0.05) is 153 Å². The molecule has 0 amide bonds. The molecule has 2 heteroatoms. The van der Waals surface area contributed by atoms with Gasteiger partial charge in [-0.25, -0.2) is 0 Å². The Morgan fingerprint density at radius 1 is 0.500 bits per heavy atom. The fourth-order valence-electron chi connectivity index (χ4n) is 4.98. The lowest BCUT2D eigenvalue weighted by Crippen LogP contribution is -2.47. The summed E-state index contributed by atoms with van der Waals surface area (Å²) in [4.78, 5) is 0. The molecule has 0 unspecified atom stereocenters. The number of hydrogen-bond acceptors (Lipinski definition) is 0. The first kappa shape index (κ1) is 22.7. The minimum atomic E-state index is -1.53. The molecule has 0 saturated carbocycles. The average Bonchev–Trinajstić information content (AvgIpc) is 2.88. The van der Waals surface area contributed by atoms with E-state index < -0.39 is 16.0 Å². The zero-order chi connectivity index (χ0) is 22.4. The molecule has 4 rings (SSSR count). The van der Waals surface area contributed by atoms with Crippen LogP contribution in [0.2, 0.25) is 18.1 Å². The van der Waals surface area contributed by atoms with E-state index in [0.717, 1.165) is 0 Å². The quantitative estimate of drug-likeness (QED) is 0.203. The normalized spacial score (nSPS) is 11.6. The van der Waals surface area contributed by atoms with E-state index in [0.29, 0.717) is 0 Å². The van der Waals surface area contributed by atoms with E-state index >= 15 is 0 Å². The Morgan fingerprint density at radius 3 is 1.47 bits per heavy atom. The molecular weight excluding hydrogens is 419 g/mol. The number of rotatable bonds is 8. The van der Waals surface area contributed by atoms with Crippen LogP contribution in [0.25, 0.3) is 11.1 Å². The van der Waals surface area contributed by atoms with Gasteiger partial charge in [-0.15, -0.1) is 0 Å². The van der Waals surface area contributed by atoms with Gasteiger partial charge >= 0.3 is 0 Å². The Hall–Kier alpha value is -2.47. The highest BCUT2D eigenvalue weighted by Gasteiger charge is 2.32. The molecule has 32 heavy (non-hydrogen) atoms. The molecule has 0 bridgehead atoms. The van der Waals surface area contributed by atoms with Crippen molar-refractivity contribution in [3.63, 3.8) is 0 Å². The fourth-order valence-corrected chi connectivity index (χ4v) is 11.3. The van der Waals surface area contributed by atoms with E-state index in [2.05, 4.69) is 130 Å². The van der Waals surface area contributed by atoms with E-state index in [1.807, 2.05) is 0 Å². The van der Waals surface area contributed by atoms with E-state index in [-0.39, 0.29) is 0 Å². The summed E-state index contributed by atoms with van der Waals surface area (Å²) in [5, 5.41) is 5.90. The Morgan fingerprint density at radius 2 is 0.938 bits per heavy atom. The van der Waals surface area contributed by atoms with Crippen molar-refractivity contribution in [3.05, 3.63) is 109 Å². The number of hydrogen-bond donors (Lipinski definition) is 0. The number of benzene rings is 4. The minimum Gasteiger partial charge on any atom is -0.0675 e. The Bertz CT molecular complexity index is 1090. The van der Waals surface area contributed by atoms with Crippen molar-refractivity contribution in [1.82, 2.24) is 0 Å². The predicted octanol–water partition coefficient (Wildman–Crippen LogP) is 6.83. The topological polar surface area (TPSA) is 0 Å². The molecule has 0 aliphatic carbocycles. The maximum atomic E-state index is 2.43. The summed E-state index contributed by atoms with van der Waals surface area (Å²) in [5.41, 5.74) is 2.87. The van der Waals surface area contributed by atoms with Gasteiger partial charge in [0.05, 0.1) is 8.07 Å². The van der Waals surface area contributed by atoms with Crippen molar-refractivity contribution in [1.29, 1.82) is 0 Å². The van der Waals surface area contributed by atoms with Crippen LogP contribution in [0.5, 0.6) is 0 Å². The van der Waals surface area contributed by atoms with Gasteiger partial charge in [0.25, 0.3) is 0 Å². The molecule has 162 valence electrons. The second-order valence-electron chi connectivity index (χ2n) is 8.41. The van der Waals surface area contributed by atoms with E-state index in [9.17, 15) is 0 Å². The minimum absolute atomic E-state index is 0.636. The van der Waals surface area contributed by atoms with Crippen LogP contribution >= 0.6 is 7.92 Å². The second-order valence-corrected chi connectivity index (χ2v) is 15.8. The predicted molar refractivity (Wildman–Crippen MR) is 147 cm³/mol. The first-order valence-electron chi connectivity index (χ1n) is 11.8. The molecule has 0 fully saturated rings. The third-order valence-electron chi connectivity index (χ3n) is 6.99. The molecule has 0 nitrogen and oxygen atoms in total. The summed E-state index contributed by atoms with van der Waals surface area (Å²) in [5.74, 6) is 0. The van der Waals surface area contributed by atoms with Gasteiger partial charge in [0, 0.05) is 0 Å². The maximum absolute atomic E-state index is 2.43. The monoisotopic (exact) mass is 452 g/mol. The van der Waals surface area contributed by atoms with Crippen LogP contribution in [0.15, 0.2) is 109 Å². The largest absolute Gasteiger partial charge is 0.0867 e. The van der Waals surface area contributed by atoms with Crippen LogP contribution in [0.4, 0.5) is 0 Å². The summed E-state index contributed by atoms with van der Waals surface area (Å²) in [6.07, 6.45) is 0. The molecule has 0 saturated heterocycles. The van der Waals surface area contributed by atoms with Gasteiger partial charge in [0.15, 0.2) is 0 Å². The van der Waals surface area contributed by atoms with Crippen molar-refractivity contribution in [2.24, 2.45) is 0 Å². The highest BCUT2D eigenvalue weighted by atomic mass is 31.1. The molecule has 0 heterocycles. The van der Waals surface area contributed by atoms with Crippen LogP contribution in [-0.2, 0) is 0 Å². The lowest BCUT2D eigenvalue weighted by atomic mass is 10.1. The molecule has 0 radical (unpaired) electrons. The lowest BCUT2D eigenvalue weighted by Gasteiger charge is -2.32. The van der Waals surface area contributed by atoms with Crippen LogP contribution in [0.1, 0.15) is 20.8 Å². The molecule has 0 spiro atoms. The van der Waals surface area contributed by atoms with Gasteiger partial charge in [-0.2, -0.15) is 0 Å². The van der Waals surface area contributed by atoms with E-state index in [1.165, 1.54) is 45.2 Å². The van der Waals surface area contributed by atoms with Crippen molar-refractivity contribution < 1.29 is 0 Å². The summed E-state index contributed by atoms with van der Waals surface area (Å²) in [7, 11) is -2.17. The smallest absolute Gasteiger partial charge is 0.0675 e. The maximum Gasteiger partial charge on any atom is 0.0867 e. The third kappa shape index (κ3) is 4.38.